The number of methoxy groups -OCH3 is 1. The molecule has 2 aromatic rings. The topological polar surface area (TPSA) is 93.9 Å². The van der Waals surface area contributed by atoms with Gasteiger partial charge in [-0.1, -0.05) is 47.6 Å². The van der Waals surface area contributed by atoms with Crippen molar-refractivity contribution >= 4 is 17.2 Å². The van der Waals surface area contributed by atoms with Gasteiger partial charge < -0.3 is 25.3 Å². The number of aryl methyl sites for hydroxylation is 1. The molecule has 0 unspecified atom stereocenters. The third-order valence-corrected chi connectivity index (χ3v) is 8.17. The summed E-state index contributed by atoms with van der Waals surface area (Å²) in [5, 5.41) is 29.8. The number of fused-ring (bicyclic) bond motifs is 1. The molecule has 6 heteroatoms. The Morgan fingerprint density at radius 1 is 1.15 bits per heavy atom. The molecule has 0 spiro atoms. The Hall–Kier alpha value is -3.80. The lowest BCUT2D eigenvalue weighted by molar-refractivity contribution is -0.113. The number of benzene rings is 2. The molecule has 206 valence electrons. The summed E-state index contributed by atoms with van der Waals surface area (Å²) >= 11 is 0. The molecule has 0 saturated carbocycles. The summed E-state index contributed by atoms with van der Waals surface area (Å²) in [6.07, 6.45) is 4.25. The molecule has 0 saturated heterocycles. The van der Waals surface area contributed by atoms with Crippen molar-refractivity contribution < 1.29 is 19.7 Å². The smallest absolute Gasteiger partial charge is 0.200 e. The minimum absolute atomic E-state index is 0.0890. The number of rotatable bonds is 8. The fourth-order valence-corrected chi connectivity index (χ4v) is 5.47. The zero-order chi connectivity index (χ0) is 28.9. The summed E-state index contributed by atoms with van der Waals surface area (Å²) in [5.74, 6) is 1.05. The summed E-state index contributed by atoms with van der Waals surface area (Å²) < 4.78 is 5.49. The predicted octanol–water partition coefficient (Wildman–Crippen LogP) is 7.06. The molecular formula is C33H40N2O4. The molecule has 2 aliphatic rings. The molecule has 1 heterocycles. The molecule has 1 aliphatic carbocycles. The van der Waals surface area contributed by atoms with E-state index in [1.54, 1.807) is 19.2 Å². The second-order valence-electron chi connectivity index (χ2n) is 12.1. The van der Waals surface area contributed by atoms with Crippen molar-refractivity contribution in [3.05, 3.63) is 87.8 Å². The van der Waals surface area contributed by atoms with E-state index in [4.69, 9.17) is 10.1 Å². The number of ether oxygens (including phenoxy) is 1. The second kappa shape index (κ2) is 10.1. The van der Waals surface area contributed by atoms with Gasteiger partial charge in [-0.2, -0.15) is 0 Å². The van der Waals surface area contributed by atoms with E-state index in [1.165, 1.54) is 6.08 Å². The van der Waals surface area contributed by atoms with Crippen molar-refractivity contribution in [3.63, 3.8) is 0 Å². The molecule has 3 N–H and O–H groups in total. The van der Waals surface area contributed by atoms with Crippen molar-refractivity contribution in [3.8, 4) is 11.5 Å². The minimum Gasteiger partial charge on any atom is -0.508 e. The number of ketones is 1. The molecule has 0 bridgehead atoms. The van der Waals surface area contributed by atoms with Gasteiger partial charge in [0.2, 0.25) is 5.78 Å². The molecule has 0 fully saturated rings. The first-order valence-electron chi connectivity index (χ1n) is 13.5. The van der Waals surface area contributed by atoms with Gasteiger partial charge in [0.15, 0.2) is 0 Å². The van der Waals surface area contributed by atoms with Crippen LogP contribution in [0.1, 0.15) is 64.7 Å². The first-order chi connectivity index (χ1) is 18.2. The highest BCUT2D eigenvalue weighted by molar-refractivity contribution is 6.24. The zero-order valence-corrected chi connectivity index (χ0v) is 24.3. The summed E-state index contributed by atoms with van der Waals surface area (Å²) in [4.78, 5) is 15.6. The number of nitrogens with one attached hydrogen (secondary N) is 1. The van der Waals surface area contributed by atoms with Crippen molar-refractivity contribution in [2.24, 2.45) is 5.92 Å². The number of aliphatic hydroxyl groups excluding tert-OH is 1. The lowest BCUT2D eigenvalue weighted by Gasteiger charge is -2.30. The van der Waals surface area contributed by atoms with Crippen LogP contribution in [0, 0.1) is 18.3 Å². The molecule has 2 aromatic carbocycles. The van der Waals surface area contributed by atoms with Crippen molar-refractivity contribution in [2.75, 3.05) is 18.6 Å². The van der Waals surface area contributed by atoms with E-state index < -0.39 is 10.8 Å². The number of phenols is 1. The number of carbonyl (C=O) groups is 1. The van der Waals surface area contributed by atoms with Crippen molar-refractivity contribution in [1.29, 1.82) is 5.41 Å². The number of anilines is 1. The molecule has 1 aliphatic heterocycles. The van der Waals surface area contributed by atoms with Gasteiger partial charge in [0.05, 0.1) is 18.3 Å². The van der Waals surface area contributed by atoms with Crippen LogP contribution >= 0.6 is 0 Å². The predicted molar refractivity (Wildman–Crippen MR) is 157 cm³/mol. The lowest BCUT2D eigenvalue weighted by Crippen LogP contribution is -2.32. The number of aromatic hydroxyl groups is 1. The number of allylic oxidation sites excluding steroid dienone is 5. The Labute approximate surface area is 231 Å². The number of hydrogen-bond acceptors (Lipinski definition) is 6. The molecule has 6 nitrogen and oxygen atoms in total. The van der Waals surface area contributed by atoms with Gasteiger partial charge in [-0.25, -0.2) is 0 Å². The molecule has 0 atom stereocenters. The number of aliphatic hydroxyl groups is 1. The van der Waals surface area contributed by atoms with Gasteiger partial charge in [0.1, 0.15) is 17.3 Å². The van der Waals surface area contributed by atoms with Crippen LogP contribution in [0.5, 0.6) is 11.5 Å². The Balaban J connectivity index is 1.72. The van der Waals surface area contributed by atoms with Crippen LogP contribution in [0.3, 0.4) is 0 Å². The molecule has 0 aromatic heterocycles. The Morgan fingerprint density at radius 3 is 2.46 bits per heavy atom. The van der Waals surface area contributed by atoms with Gasteiger partial charge >= 0.3 is 0 Å². The van der Waals surface area contributed by atoms with E-state index in [0.29, 0.717) is 5.92 Å². The highest BCUT2D eigenvalue weighted by Gasteiger charge is 2.43. The average Bonchev–Trinajstić information content (AvgIpc) is 3.10. The maximum Gasteiger partial charge on any atom is 0.200 e. The summed E-state index contributed by atoms with van der Waals surface area (Å²) in [6.45, 7) is 15.1. The van der Waals surface area contributed by atoms with E-state index in [2.05, 4.69) is 38.7 Å². The van der Waals surface area contributed by atoms with Gasteiger partial charge in [-0.15, -0.1) is 0 Å². The molecule has 4 rings (SSSR count). The highest BCUT2D eigenvalue weighted by Crippen LogP contribution is 2.50. The van der Waals surface area contributed by atoms with Crippen LogP contribution in [0.15, 0.2) is 71.2 Å². The number of nitrogens with zero attached hydrogens (tertiary/aromatic N) is 1. The third kappa shape index (κ3) is 4.88. The van der Waals surface area contributed by atoms with Crippen LogP contribution in [0.2, 0.25) is 0 Å². The van der Waals surface area contributed by atoms with Crippen LogP contribution in [-0.2, 0) is 15.6 Å². The summed E-state index contributed by atoms with van der Waals surface area (Å²) in [6, 6.07) is 11.1. The molecule has 0 amide bonds. The van der Waals surface area contributed by atoms with E-state index >= 15 is 0 Å². The molecule has 0 radical (unpaired) electrons. The van der Waals surface area contributed by atoms with E-state index in [0.717, 1.165) is 46.8 Å². The first-order valence-corrected chi connectivity index (χ1v) is 13.5. The minimum atomic E-state index is -0.771. The number of hydrogen-bond donors (Lipinski definition) is 3. The van der Waals surface area contributed by atoms with Gasteiger partial charge in [0.25, 0.3) is 0 Å². The maximum absolute atomic E-state index is 13.3. The van der Waals surface area contributed by atoms with E-state index in [9.17, 15) is 15.0 Å². The second-order valence-corrected chi connectivity index (χ2v) is 12.1. The molecular weight excluding hydrogens is 488 g/mol. The van der Waals surface area contributed by atoms with Crippen LogP contribution in [0.25, 0.3) is 0 Å². The number of phenolic OH excluding ortho intramolecular Hbond substituents is 1. The monoisotopic (exact) mass is 528 g/mol. The molecule has 39 heavy (non-hydrogen) atoms. The number of Topliss-reactive ketones (excluding diaryl/α,β-unsaturated/α-hetero) is 1. The quantitative estimate of drug-likeness (QED) is 0.252. The highest BCUT2D eigenvalue weighted by atomic mass is 16.5. The zero-order valence-electron chi connectivity index (χ0n) is 24.3. The average molecular weight is 529 g/mol. The van der Waals surface area contributed by atoms with Gasteiger partial charge in [-0.05, 0) is 78.4 Å². The number of carbonyl (C=O) groups excluding carboxylic acids is 1. The Kier molecular flexibility index (Phi) is 7.28. The first kappa shape index (κ1) is 28.2. The van der Waals surface area contributed by atoms with Gasteiger partial charge in [-0.3, -0.25) is 4.79 Å². The largest absolute Gasteiger partial charge is 0.508 e. The lowest BCUT2D eigenvalue weighted by atomic mass is 9.75. The van der Waals surface area contributed by atoms with Crippen LogP contribution in [0.4, 0.5) is 5.69 Å². The summed E-state index contributed by atoms with van der Waals surface area (Å²) in [5.41, 5.74) is 4.28. The third-order valence-electron chi connectivity index (χ3n) is 8.17. The van der Waals surface area contributed by atoms with Crippen molar-refractivity contribution in [2.45, 2.75) is 65.7 Å². The SMILES string of the molecule is COc1ccc2c(c1)C(C)(C)/C(=C/C1=C(O)C(=C\C(=N)C(C)(C)c3cc(O)ccc3C)/C1=O)N2CCC(C)C. The fourth-order valence-electron chi connectivity index (χ4n) is 5.47. The van der Waals surface area contributed by atoms with E-state index in [1.807, 2.05) is 45.0 Å². The fraction of sp³-hybridized carbons (Fsp3) is 0.394. The Bertz CT molecular complexity index is 1440. The normalized spacial score (nSPS) is 18.7. The van der Waals surface area contributed by atoms with Crippen LogP contribution in [-0.4, -0.2) is 35.4 Å². The van der Waals surface area contributed by atoms with Crippen molar-refractivity contribution in [1.82, 2.24) is 0 Å². The maximum atomic E-state index is 13.3. The summed E-state index contributed by atoms with van der Waals surface area (Å²) in [7, 11) is 1.65. The van der Waals surface area contributed by atoms with Crippen LogP contribution < -0.4 is 9.64 Å². The van der Waals surface area contributed by atoms with Gasteiger partial charge in [0, 0.05) is 34.5 Å². The Morgan fingerprint density at radius 2 is 1.85 bits per heavy atom. The standard InChI is InChI=1S/C33H40N2O4/c1-19(2)13-14-35-27-12-11-22(39-8)16-26(27)33(6,7)29(35)18-24-30(37)23(31(24)38)17-28(34)32(4,5)25-15-21(36)10-9-20(25)3/h9-12,15-19,34,36-37H,13-14H2,1-8H3/b23-17+,29-18-,34-28?. The van der Waals surface area contributed by atoms with E-state index in [-0.39, 0.29) is 34.1 Å².